The normalized spacial score (nSPS) is 10.2. The molecule has 0 saturated carbocycles. The van der Waals surface area contributed by atoms with Gasteiger partial charge in [0, 0.05) is 17.7 Å². The van der Waals surface area contributed by atoms with Crippen molar-refractivity contribution >= 4 is 23.0 Å². The van der Waals surface area contributed by atoms with E-state index < -0.39 is 28.2 Å². The summed E-state index contributed by atoms with van der Waals surface area (Å²) in [4.78, 5) is 21.9. The Hall–Kier alpha value is -3.03. The number of hydrogen-bond donors (Lipinski definition) is 2. The molecule has 108 valence electrons. The molecule has 0 radical (unpaired) electrons. The van der Waals surface area contributed by atoms with Crippen molar-refractivity contribution in [1.29, 1.82) is 0 Å². The van der Waals surface area contributed by atoms with Gasteiger partial charge in [-0.3, -0.25) is 14.9 Å². The second-order valence-corrected chi connectivity index (χ2v) is 4.11. The number of nitrogen functional groups attached to an aromatic ring is 1. The van der Waals surface area contributed by atoms with Crippen LogP contribution >= 0.6 is 0 Å². The van der Waals surface area contributed by atoms with Crippen LogP contribution in [-0.2, 0) is 0 Å². The number of benzene rings is 2. The Kier molecular flexibility index (Phi) is 3.79. The average molecular weight is 293 g/mol. The summed E-state index contributed by atoms with van der Waals surface area (Å²) in [6.45, 7) is 0. The number of hydrogen-bond acceptors (Lipinski definition) is 4. The number of nitrogens with two attached hydrogens (primary N) is 1. The van der Waals surface area contributed by atoms with E-state index in [1.807, 2.05) is 0 Å². The van der Waals surface area contributed by atoms with Gasteiger partial charge in [-0.1, -0.05) is 0 Å². The Bertz CT molecular complexity index is 735. The van der Waals surface area contributed by atoms with Gasteiger partial charge < -0.3 is 11.1 Å². The van der Waals surface area contributed by atoms with E-state index >= 15 is 0 Å². The van der Waals surface area contributed by atoms with Crippen LogP contribution in [0.3, 0.4) is 0 Å². The molecule has 8 heteroatoms. The summed E-state index contributed by atoms with van der Waals surface area (Å²) in [6, 6.07) is 5.96. The van der Waals surface area contributed by atoms with E-state index in [9.17, 15) is 23.7 Å². The minimum atomic E-state index is -0.824. The molecule has 0 aromatic heterocycles. The summed E-state index contributed by atoms with van der Waals surface area (Å²) in [5.41, 5.74) is 4.40. The number of anilines is 2. The van der Waals surface area contributed by atoms with Gasteiger partial charge in [0.2, 0.25) is 0 Å². The van der Waals surface area contributed by atoms with Crippen molar-refractivity contribution in [3.05, 3.63) is 63.7 Å². The summed E-state index contributed by atoms with van der Waals surface area (Å²) in [5.74, 6) is -2.37. The van der Waals surface area contributed by atoms with Crippen molar-refractivity contribution in [2.45, 2.75) is 0 Å². The largest absolute Gasteiger partial charge is 0.393 e. The molecular weight excluding hydrogens is 284 g/mol. The van der Waals surface area contributed by atoms with Crippen LogP contribution in [0.15, 0.2) is 36.4 Å². The van der Waals surface area contributed by atoms with E-state index in [-0.39, 0.29) is 16.9 Å². The second kappa shape index (κ2) is 5.53. The number of amides is 1. The summed E-state index contributed by atoms with van der Waals surface area (Å²) in [5, 5.41) is 12.9. The third kappa shape index (κ3) is 3.11. The third-order valence-electron chi connectivity index (χ3n) is 2.67. The Morgan fingerprint density at radius 3 is 2.57 bits per heavy atom. The Morgan fingerprint density at radius 2 is 1.90 bits per heavy atom. The van der Waals surface area contributed by atoms with E-state index in [2.05, 4.69) is 5.32 Å². The maximum atomic E-state index is 13.4. The maximum Gasteiger partial charge on any atom is 0.292 e. The molecule has 2 rings (SSSR count). The lowest BCUT2D eigenvalue weighted by Gasteiger charge is -2.07. The highest BCUT2D eigenvalue weighted by molar-refractivity contribution is 6.05. The lowest BCUT2D eigenvalue weighted by Crippen LogP contribution is -2.13. The van der Waals surface area contributed by atoms with E-state index in [1.54, 1.807) is 0 Å². The fourth-order valence-corrected chi connectivity index (χ4v) is 1.63. The van der Waals surface area contributed by atoms with Gasteiger partial charge in [-0.25, -0.2) is 8.78 Å². The van der Waals surface area contributed by atoms with Crippen molar-refractivity contribution in [3.63, 3.8) is 0 Å². The lowest BCUT2D eigenvalue weighted by molar-refractivity contribution is -0.383. The molecule has 0 atom stereocenters. The molecule has 21 heavy (non-hydrogen) atoms. The molecule has 0 aliphatic carbocycles. The predicted octanol–water partition coefficient (Wildman–Crippen LogP) is 2.71. The van der Waals surface area contributed by atoms with Gasteiger partial charge in [-0.05, 0) is 24.3 Å². The van der Waals surface area contributed by atoms with Gasteiger partial charge in [0.15, 0.2) is 0 Å². The first-order valence-corrected chi connectivity index (χ1v) is 5.69. The molecular formula is C13H9F2N3O3. The summed E-state index contributed by atoms with van der Waals surface area (Å²) in [7, 11) is 0. The number of nitro benzene ring substituents is 1. The monoisotopic (exact) mass is 293 g/mol. The molecule has 0 aliphatic rings. The number of nitrogens with zero attached hydrogens (tertiary/aromatic N) is 1. The smallest absolute Gasteiger partial charge is 0.292 e. The highest BCUT2D eigenvalue weighted by atomic mass is 19.1. The first-order chi connectivity index (χ1) is 9.88. The quantitative estimate of drug-likeness (QED) is 0.516. The van der Waals surface area contributed by atoms with Gasteiger partial charge in [-0.2, -0.15) is 0 Å². The summed E-state index contributed by atoms with van der Waals surface area (Å²) >= 11 is 0. The molecule has 1 amide bonds. The Labute approximate surface area is 117 Å². The van der Waals surface area contributed by atoms with Crippen molar-refractivity contribution in [2.24, 2.45) is 0 Å². The zero-order valence-electron chi connectivity index (χ0n) is 10.5. The third-order valence-corrected chi connectivity index (χ3v) is 2.67. The second-order valence-electron chi connectivity index (χ2n) is 4.11. The van der Waals surface area contributed by atoms with Crippen LogP contribution in [-0.4, -0.2) is 10.8 Å². The molecule has 2 aromatic rings. The number of carbonyl (C=O) groups excluding carboxylic acids is 1. The van der Waals surface area contributed by atoms with E-state index in [0.29, 0.717) is 0 Å². The zero-order chi connectivity index (χ0) is 15.6. The average Bonchev–Trinajstić information content (AvgIpc) is 2.43. The summed E-state index contributed by atoms with van der Waals surface area (Å²) in [6.07, 6.45) is 0. The fourth-order valence-electron chi connectivity index (χ4n) is 1.63. The van der Waals surface area contributed by atoms with Crippen LogP contribution in [0.1, 0.15) is 10.4 Å². The summed E-state index contributed by atoms with van der Waals surface area (Å²) < 4.78 is 26.4. The first-order valence-electron chi connectivity index (χ1n) is 5.69. The standard InChI is InChI=1S/C13H9F2N3O3/c14-8-2-3-9(15)11(6-8)17-13(19)7-1-4-10(16)12(5-7)18(20)21/h1-6H,16H2,(H,17,19). The maximum absolute atomic E-state index is 13.4. The highest BCUT2D eigenvalue weighted by Crippen LogP contribution is 2.23. The fraction of sp³-hybridized carbons (Fsp3) is 0. The number of nitro groups is 1. The SMILES string of the molecule is Nc1ccc(C(=O)Nc2cc(F)ccc2F)cc1[N+](=O)[O-]. The minimum Gasteiger partial charge on any atom is -0.393 e. The molecule has 2 aromatic carbocycles. The number of carbonyl (C=O) groups is 1. The van der Waals surface area contributed by atoms with Crippen molar-refractivity contribution in [3.8, 4) is 0 Å². The molecule has 0 saturated heterocycles. The zero-order valence-corrected chi connectivity index (χ0v) is 10.5. The van der Waals surface area contributed by atoms with Crippen molar-refractivity contribution < 1.29 is 18.5 Å². The van der Waals surface area contributed by atoms with Crippen LogP contribution in [0.4, 0.5) is 25.8 Å². The molecule has 3 N–H and O–H groups in total. The van der Waals surface area contributed by atoms with Gasteiger partial charge in [0.25, 0.3) is 11.6 Å². The molecule has 0 aliphatic heterocycles. The van der Waals surface area contributed by atoms with Crippen molar-refractivity contribution in [1.82, 2.24) is 0 Å². The van der Waals surface area contributed by atoms with Gasteiger partial charge in [-0.15, -0.1) is 0 Å². The first kappa shape index (κ1) is 14.4. The van der Waals surface area contributed by atoms with E-state index in [1.165, 1.54) is 12.1 Å². The topological polar surface area (TPSA) is 98.3 Å². The van der Waals surface area contributed by atoms with Crippen LogP contribution in [0.25, 0.3) is 0 Å². The van der Waals surface area contributed by atoms with Gasteiger partial charge in [0.1, 0.15) is 17.3 Å². The predicted molar refractivity (Wildman–Crippen MR) is 71.8 cm³/mol. The van der Waals surface area contributed by atoms with Crippen LogP contribution in [0, 0.1) is 21.7 Å². The van der Waals surface area contributed by atoms with Gasteiger partial charge in [0.05, 0.1) is 10.6 Å². The van der Waals surface area contributed by atoms with E-state index in [0.717, 1.165) is 24.3 Å². The number of nitrogens with one attached hydrogen (secondary N) is 1. The molecule has 0 heterocycles. The minimum absolute atomic E-state index is 0.0976. The van der Waals surface area contributed by atoms with Crippen molar-refractivity contribution in [2.75, 3.05) is 11.1 Å². The Balaban J connectivity index is 2.30. The molecule has 0 unspecified atom stereocenters. The van der Waals surface area contributed by atoms with E-state index in [4.69, 9.17) is 5.73 Å². The number of rotatable bonds is 3. The number of halogens is 2. The molecule has 0 fully saturated rings. The molecule has 6 nitrogen and oxygen atoms in total. The van der Waals surface area contributed by atoms with Crippen LogP contribution in [0.5, 0.6) is 0 Å². The van der Waals surface area contributed by atoms with Crippen LogP contribution < -0.4 is 11.1 Å². The van der Waals surface area contributed by atoms with Gasteiger partial charge >= 0.3 is 0 Å². The Morgan fingerprint density at radius 1 is 1.19 bits per heavy atom. The van der Waals surface area contributed by atoms with Crippen LogP contribution in [0.2, 0.25) is 0 Å². The molecule has 0 spiro atoms. The highest BCUT2D eigenvalue weighted by Gasteiger charge is 2.16. The molecule has 0 bridgehead atoms. The lowest BCUT2D eigenvalue weighted by atomic mass is 10.1.